The fraction of sp³-hybridized carbons (Fsp3) is 0.647. The molecule has 1 aliphatic rings. The van der Waals surface area contributed by atoms with E-state index in [9.17, 15) is 0 Å². The van der Waals surface area contributed by atoms with Gasteiger partial charge in [-0.3, -0.25) is 4.90 Å². The highest BCUT2D eigenvalue weighted by molar-refractivity contribution is 5.25. The van der Waals surface area contributed by atoms with Gasteiger partial charge in [-0.05, 0) is 50.4 Å². The minimum atomic E-state index is 0.591. The molecule has 0 spiro atoms. The Balaban J connectivity index is 1.94. The second-order valence-corrected chi connectivity index (χ2v) is 6.02. The summed E-state index contributed by atoms with van der Waals surface area (Å²) in [6, 6.07) is 9.96. The van der Waals surface area contributed by atoms with Gasteiger partial charge in [-0.1, -0.05) is 37.6 Å². The summed E-state index contributed by atoms with van der Waals surface area (Å²) in [6.45, 7) is 8.06. The number of nitrogens with zero attached hydrogens (tertiary/aromatic N) is 1. The maximum Gasteiger partial charge on any atom is 0.0236 e. The molecule has 0 aromatic heterocycles. The van der Waals surface area contributed by atoms with E-state index in [2.05, 4.69) is 48.3 Å². The van der Waals surface area contributed by atoms with E-state index in [0.717, 1.165) is 19.1 Å². The molecule has 0 bridgehead atoms. The number of rotatable bonds is 5. The predicted molar refractivity (Wildman–Crippen MR) is 82.5 cm³/mol. The quantitative estimate of drug-likeness (QED) is 0.873. The summed E-state index contributed by atoms with van der Waals surface area (Å²) in [4.78, 5) is 2.62. The van der Waals surface area contributed by atoms with Gasteiger partial charge in [0.25, 0.3) is 0 Å². The lowest BCUT2D eigenvalue weighted by Crippen LogP contribution is -2.36. The van der Waals surface area contributed by atoms with Gasteiger partial charge in [-0.25, -0.2) is 0 Å². The SMILES string of the molecule is CNCC(C)c1ccc(CN2CCCCC2C)cc1. The largest absolute Gasteiger partial charge is 0.319 e. The summed E-state index contributed by atoms with van der Waals surface area (Å²) in [5, 5.41) is 3.24. The van der Waals surface area contributed by atoms with E-state index in [1.807, 2.05) is 7.05 Å². The number of benzene rings is 1. The number of hydrogen-bond acceptors (Lipinski definition) is 2. The summed E-state index contributed by atoms with van der Waals surface area (Å²) >= 11 is 0. The first-order valence-electron chi connectivity index (χ1n) is 7.68. The van der Waals surface area contributed by atoms with E-state index >= 15 is 0 Å². The van der Waals surface area contributed by atoms with Gasteiger partial charge in [0.1, 0.15) is 0 Å². The van der Waals surface area contributed by atoms with E-state index in [-0.39, 0.29) is 0 Å². The summed E-state index contributed by atoms with van der Waals surface area (Å²) < 4.78 is 0. The molecule has 0 saturated carbocycles. The van der Waals surface area contributed by atoms with Crippen molar-refractivity contribution in [2.24, 2.45) is 0 Å². The number of likely N-dealkylation sites (tertiary alicyclic amines) is 1. The van der Waals surface area contributed by atoms with Crippen LogP contribution < -0.4 is 5.32 Å². The van der Waals surface area contributed by atoms with Crippen LogP contribution in [-0.2, 0) is 6.54 Å². The molecule has 19 heavy (non-hydrogen) atoms. The first kappa shape index (κ1) is 14.5. The Bertz CT molecular complexity index is 371. The van der Waals surface area contributed by atoms with E-state index < -0.39 is 0 Å². The Morgan fingerprint density at radius 2 is 2.00 bits per heavy atom. The van der Waals surface area contributed by atoms with Crippen molar-refractivity contribution in [3.63, 3.8) is 0 Å². The fourth-order valence-corrected chi connectivity index (χ4v) is 3.00. The zero-order chi connectivity index (χ0) is 13.7. The van der Waals surface area contributed by atoms with E-state index in [4.69, 9.17) is 0 Å². The Morgan fingerprint density at radius 3 is 2.63 bits per heavy atom. The van der Waals surface area contributed by atoms with Gasteiger partial charge in [0.05, 0.1) is 0 Å². The molecular weight excluding hydrogens is 232 g/mol. The van der Waals surface area contributed by atoms with Gasteiger partial charge >= 0.3 is 0 Å². The minimum Gasteiger partial charge on any atom is -0.319 e. The third-order valence-electron chi connectivity index (χ3n) is 4.39. The molecule has 2 unspecified atom stereocenters. The number of likely N-dealkylation sites (N-methyl/N-ethyl adjacent to an activating group) is 1. The van der Waals surface area contributed by atoms with Crippen molar-refractivity contribution in [1.82, 2.24) is 10.2 Å². The predicted octanol–water partition coefficient (Wildman–Crippen LogP) is 3.38. The number of piperidine rings is 1. The lowest BCUT2D eigenvalue weighted by molar-refractivity contribution is 0.152. The molecule has 1 aliphatic heterocycles. The van der Waals surface area contributed by atoms with Crippen molar-refractivity contribution >= 4 is 0 Å². The topological polar surface area (TPSA) is 15.3 Å². The Hall–Kier alpha value is -0.860. The van der Waals surface area contributed by atoms with Gasteiger partial charge in [-0.2, -0.15) is 0 Å². The molecule has 1 N–H and O–H groups in total. The van der Waals surface area contributed by atoms with Crippen LogP contribution in [0.4, 0.5) is 0 Å². The summed E-state index contributed by atoms with van der Waals surface area (Å²) in [5.41, 5.74) is 2.89. The van der Waals surface area contributed by atoms with Crippen LogP contribution >= 0.6 is 0 Å². The number of nitrogens with one attached hydrogen (secondary N) is 1. The molecule has 1 saturated heterocycles. The van der Waals surface area contributed by atoms with Crippen LogP contribution in [0.1, 0.15) is 50.2 Å². The Morgan fingerprint density at radius 1 is 1.26 bits per heavy atom. The molecule has 0 amide bonds. The van der Waals surface area contributed by atoms with Crippen LogP contribution in [0.3, 0.4) is 0 Å². The van der Waals surface area contributed by atoms with Gasteiger partial charge in [0.15, 0.2) is 0 Å². The molecule has 0 radical (unpaired) electrons. The second-order valence-electron chi connectivity index (χ2n) is 6.02. The zero-order valence-electron chi connectivity index (χ0n) is 12.7. The normalized spacial score (nSPS) is 22.4. The lowest BCUT2D eigenvalue weighted by Gasteiger charge is -2.33. The molecule has 106 valence electrons. The Kier molecular flexibility index (Phi) is 5.41. The highest BCUT2D eigenvalue weighted by atomic mass is 15.2. The molecule has 2 nitrogen and oxygen atoms in total. The van der Waals surface area contributed by atoms with Crippen LogP contribution in [0.25, 0.3) is 0 Å². The Labute approximate surface area is 118 Å². The average molecular weight is 260 g/mol. The average Bonchev–Trinajstić information content (AvgIpc) is 2.42. The van der Waals surface area contributed by atoms with Crippen molar-refractivity contribution in [1.29, 1.82) is 0 Å². The zero-order valence-corrected chi connectivity index (χ0v) is 12.7. The van der Waals surface area contributed by atoms with Gasteiger partial charge in [0, 0.05) is 19.1 Å². The standard InChI is InChI=1S/C17H28N2/c1-14(12-18-3)17-9-7-16(8-10-17)13-19-11-5-4-6-15(19)2/h7-10,14-15,18H,4-6,11-13H2,1-3H3. The summed E-state index contributed by atoms with van der Waals surface area (Å²) in [6.07, 6.45) is 4.12. The molecule has 0 aliphatic carbocycles. The minimum absolute atomic E-state index is 0.591. The molecule has 1 aromatic rings. The highest BCUT2D eigenvalue weighted by Crippen LogP contribution is 2.20. The second kappa shape index (κ2) is 7.06. The van der Waals surface area contributed by atoms with E-state index in [0.29, 0.717) is 5.92 Å². The van der Waals surface area contributed by atoms with Gasteiger partial charge in [-0.15, -0.1) is 0 Å². The third kappa shape index (κ3) is 4.05. The first-order chi connectivity index (χ1) is 9.20. The maximum atomic E-state index is 3.24. The monoisotopic (exact) mass is 260 g/mol. The molecule has 2 heteroatoms. The molecule has 1 aromatic carbocycles. The number of hydrogen-bond donors (Lipinski definition) is 1. The fourth-order valence-electron chi connectivity index (χ4n) is 3.00. The van der Waals surface area contributed by atoms with Gasteiger partial charge in [0.2, 0.25) is 0 Å². The van der Waals surface area contributed by atoms with Crippen molar-refractivity contribution in [2.75, 3.05) is 20.1 Å². The highest BCUT2D eigenvalue weighted by Gasteiger charge is 2.18. The van der Waals surface area contributed by atoms with Crippen molar-refractivity contribution in [2.45, 2.75) is 51.6 Å². The van der Waals surface area contributed by atoms with Crippen LogP contribution in [0.5, 0.6) is 0 Å². The summed E-state index contributed by atoms with van der Waals surface area (Å²) in [5.74, 6) is 0.591. The van der Waals surface area contributed by atoms with Crippen LogP contribution in [0, 0.1) is 0 Å². The van der Waals surface area contributed by atoms with E-state index in [1.54, 1.807) is 0 Å². The van der Waals surface area contributed by atoms with Crippen molar-refractivity contribution in [3.05, 3.63) is 35.4 Å². The van der Waals surface area contributed by atoms with Crippen LogP contribution in [0.15, 0.2) is 24.3 Å². The molecule has 2 atom stereocenters. The molecule has 2 rings (SSSR count). The molecular formula is C17H28N2. The van der Waals surface area contributed by atoms with Crippen LogP contribution in [-0.4, -0.2) is 31.1 Å². The third-order valence-corrected chi connectivity index (χ3v) is 4.39. The molecule has 1 heterocycles. The maximum absolute atomic E-state index is 3.24. The summed E-state index contributed by atoms with van der Waals surface area (Å²) in [7, 11) is 2.02. The van der Waals surface area contributed by atoms with E-state index in [1.165, 1.54) is 36.9 Å². The first-order valence-corrected chi connectivity index (χ1v) is 7.68. The van der Waals surface area contributed by atoms with Crippen molar-refractivity contribution in [3.8, 4) is 0 Å². The van der Waals surface area contributed by atoms with Gasteiger partial charge < -0.3 is 5.32 Å². The van der Waals surface area contributed by atoms with Crippen molar-refractivity contribution < 1.29 is 0 Å². The van der Waals surface area contributed by atoms with Crippen LogP contribution in [0.2, 0.25) is 0 Å². The lowest BCUT2D eigenvalue weighted by atomic mass is 9.98. The smallest absolute Gasteiger partial charge is 0.0236 e. The molecule has 1 fully saturated rings.